The van der Waals surface area contributed by atoms with Crippen molar-refractivity contribution >= 4 is 17.4 Å². The van der Waals surface area contributed by atoms with Crippen LogP contribution in [-0.4, -0.2) is 18.4 Å². The Hall–Kier alpha value is -2.36. The van der Waals surface area contributed by atoms with Gasteiger partial charge in [0.2, 0.25) is 0 Å². The first kappa shape index (κ1) is 13.6. The molecule has 0 bridgehead atoms. The van der Waals surface area contributed by atoms with Gasteiger partial charge in [-0.05, 0) is 13.8 Å². The van der Waals surface area contributed by atoms with Crippen LogP contribution in [0.15, 0.2) is 41.1 Å². The maximum Gasteiger partial charge on any atom is 0.336 e. The summed E-state index contributed by atoms with van der Waals surface area (Å²) >= 11 is 0. The number of allylic oxidation sites excluding steroid dienone is 2. The molecule has 1 aliphatic carbocycles. The number of carbonyl (C=O) groups excluding carboxylic acids is 2. The van der Waals surface area contributed by atoms with E-state index in [1.54, 1.807) is 6.92 Å². The van der Waals surface area contributed by atoms with Gasteiger partial charge in [0.15, 0.2) is 5.78 Å². The molecule has 0 saturated heterocycles. The SMILES string of the molecule is CCOC(=O)C1=C(C)NC2=C(C(=O)c3ccccc32)[C@@H]1C. The quantitative estimate of drug-likeness (QED) is 0.848. The van der Waals surface area contributed by atoms with Crippen LogP contribution in [0.2, 0.25) is 0 Å². The summed E-state index contributed by atoms with van der Waals surface area (Å²) < 4.78 is 5.11. The lowest BCUT2D eigenvalue weighted by Crippen LogP contribution is -2.29. The smallest absolute Gasteiger partial charge is 0.336 e. The Morgan fingerprint density at radius 3 is 2.62 bits per heavy atom. The summed E-state index contributed by atoms with van der Waals surface area (Å²) in [6.45, 7) is 5.83. The van der Waals surface area contributed by atoms with E-state index in [0.717, 1.165) is 17.0 Å². The van der Waals surface area contributed by atoms with Gasteiger partial charge < -0.3 is 10.1 Å². The normalized spacial score (nSPS) is 20.1. The Labute approximate surface area is 123 Å². The van der Waals surface area contributed by atoms with E-state index in [4.69, 9.17) is 4.74 Å². The van der Waals surface area contributed by atoms with Gasteiger partial charge in [-0.1, -0.05) is 31.2 Å². The molecule has 1 aromatic carbocycles. The van der Waals surface area contributed by atoms with E-state index >= 15 is 0 Å². The zero-order valence-corrected chi connectivity index (χ0v) is 12.3. The van der Waals surface area contributed by atoms with Crippen molar-refractivity contribution in [3.63, 3.8) is 0 Å². The molecule has 1 heterocycles. The second-order valence-electron chi connectivity index (χ2n) is 5.27. The lowest BCUT2D eigenvalue weighted by molar-refractivity contribution is -0.139. The zero-order valence-electron chi connectivity index (χ0n) is 12.3. The first-order valence-corrected chi connectivity index (χ1v) is 7.09. The van der Waals surface area contributed by atoms with Crippen molar-refractivity contribution in [1.82, 2.24) is 5.32 Å². The summed E-state index contributed by atoms with van der Waals surface area (Å²) in [4.78, 5) is 24.7. The summed E-state index contributed by atoms with van der Waals surface area (Å²) in [6, 6.07) is 7.52. The van der Waals surface area contributed by atoms with Gasteiger partial charge in [-0.3, -0.25) is 4.79 Å². The van der Waals surface area contributed by atoms with Crippen LogP contribution in [0.1, 0.15) is 36.7 Å². The van der Waals surface area contributed by atoms with Gasteiger partial charge in [0.1, 0.15) is 0 Å². The third-order valence-corrected chi connectivity index (χ3v) is 4.03. The van der Waals surface area contributed by atoms with Gasteiger partial charge in [-0.2, -0.15) is 0 Å². The average Bonchev–Trinajstić information content (AvgIpc) is 2.73. The number of fused-ring (bicyclic) bond motifs is 2. The highest BCUT2D eigenvalue weighted by Crippen LogP contribution is 2.41. The van der Waals surface area contributed by atoms with Gasteiger partial charge in [0, 0.05) is 28.3 Å². The van der Waals surface area contributed by atoms with Gasteiger partial charge >= 0.3 is 5.97 Å². The van der Waals surface area contributed by atoms with E-state index in [2.05, 4.69) is 5.32 Å². The summed E-state index contributed by atoms with van der Waals surface area (Å²) in [5.41, 5.74) is 4.38. The van der Waals surface area contributed by atoms with Crippen LogP contribution in [-0.2, 0) is 9.53 Å². The molecule has 108 valence electrons. The minimum Gasteiger partial charge on any atom is -0.463 e. The van der Waals surface area contributed by atoms with E-state index in [1.165, 1.54) is 0 Å². The number of benzene rings is 1. The molecule has 1 aromatic rings. The molecule has 1 N–H and O–H groups in total. The molecule has 2 aliphatic rings. The average molecular weight is 283 g/mol. The number of carbonyl (C=O) groups is 2. The largest absolute Gasteiger partial charge is 0.463 e. The molecule has 0 saturated carbocycles. The number of esters is 1. The maximum absolute atomic E-state index is 12.6. The summed E-state index contributed by atoms with van der Waals surface area (Å²) in [5.74, 6) is -0.625. The first-order chi connectivity index (χ1) is 10.1. The van der Waals surface area contributed by atoms with E-state index in [1.807, 2.05) is 38.1 Å². The maximum atomic E-state index is 12.6. The van der Waals surface area contributed by atoms with Gasteiger partial charge in [-0.25, -0.2) is 4.79 Å². The lowest BCUT2D eigenvalue weighted by Gasteiger charge is -2.26. The molecule has 4 nitrogen and oxygen atoms in total. The Balaban J connectivity index is 2.06. The fourth-order valence-corrected chi connectivity index (χ4v) is 3.11. The second-order valence-corrected chi connectivity index (χ2v) is 5.27. The Kier molecular flexibility index (Phi) is 3.16. The van der Waals surface area contributed by atoms with Crippen molar-refractivity contribution in [1.29, 1.82) is 0 Å². The fraction of sp³-hybridized carbons (Fsp3) is 0.294. The molecular weight excluding hydrogens is 266 g/mol. The van der Waals surface area contributed by atoms with Gasteiger partial charge in [0.25, 0.3) is 0 Å². The predicted molar refractivity (Wildman–Crippen MR) is 79.3 cm³/mol. The Morgan fingerprint density at radius 2 is 1.95 bits per heavy atom. The van der Waals surface area contributed by atoms with E-state index in [0.29, 0.717) is 23.3 Å². The molecule has 1 atom stereocenters. The monoisotopic (exact) mass is 283 g/mol. The second kappa shape index (κ2) is 4.88. The Morgan fingerprint density at radius 1 is 1.29 bits per heavy atom. The highest BCUT2D eigenvalue weighted by Gasteiger charge is 2.39. The molecule has 0 fully saturated rings. The molecule has 0 amide bonds. The molecule has 1 aliphatic heterocycles. The van der Waals surface area contributed by atoms with Crippen LogP contribution in [0.4, 0.5) is 0 Å². The molecular formula is C17H17NO3. The van der Waals surface area contributed by atoms with Crippen molar-refractivity contribution < 1.29 is 14.3 Å². The number of dihydropyridines is 1. The number of ether oxygens (including phenoxy) is 1. The minimum atomic E-state index is -0.356. The van der Waals surface area contributed by atoms with Crippen molar-refractivity contribution in [2.75, 3.05) is 6.61 Å². The zero-order chi connectivity index (χ0) is 15.1. The first-order valence-electron chi connectivity index (χ1n) is 7.09. The highest BCUT2D eigenvalue weighted by molar-refractivity contribution is 6.22. The fourth-order valence-electron chi connectivity index (χ4n) is 3.11. The van der Waals surface area contributed by atoms with E-state index < -0.39 is 0 Å². The predicted octanol–water partition coefficient (Wildman–Crippen LogP) is 2.67. The van der Waals surface area contributed by atoms with Crippen molar-refractivity contribution in [2.45, 2.75) is 20.8 Å². The summed E-state index contributed by atoms with van der Waals surface area (Å²) in [6.07, 6.45) is 0. The van der Waals surface area contributed by atoms with Crippen LogP contribution in [0.25, 0.3) is 5.70 Å². The molecule has 0 aromatic heterocycles. The van der Waals surface area contributed by atoms with Crippen molar-refractivity contribution in [2.24, 2.45) is 5.92 Å². The van der Waals surface area contributed by atoms with Crippen molar-refractivity contribution in [3.05, 3.63) is 52.2 Å². The van der Waals surface area contributed by atoms with Crippen LogP contribution in [0.5, 0.6) is 0 Å². The number of hydrogen-bond donors (Lipinski definition) is 1. The summed E-state index contributed by atoms with van der Waals surface area (Å²) in [5, 5.41) is 3.22. The Bertz CT molecular complexity index is 713. The summed E-state index contributed by atoms with van der Waals surface area (Å²) in [7, 11) is 0. The van der Waals surface area contributed by atoms with Crippen LogP contribution < -0.4 is 5.32 Å². The highest BCUT2D eigenvalue weighted by atomic mass is 16.5. The molecule has 21 heavy (non-hydrogen) atoms. The van der Waals surface area contributed by atoms with E-state index in [9.17, 15) is 9.59 Å². The van der Waals surface area contributed by atoms with Gasteiger partial charge in [-0.15, -0.1) is 0 Å². The number of hydrogen-bond acceptors (Lipinski definition) is 4. The molecule has 0 unspecified atom stereocenters. The minimum absolute atomic E-state index is 0.00472. The molecule has 4 heteroatoms. The lowest BCUT2D eigenvalue weighted by atomic mass is 9.86. The van der Waals surface area contributed by atoms with Crippen molar-refractivity contribution in [3.8, 4) is 0 Å². The number of nitrogens with one attached hydrogen (secondary N) is 1. The number of ketones is 1. The topological polar surface area (TPSA) is 55.4 Å². The van der Waals surface area contributed by atoms with E-state index in [-0.39, 0.29) is 17.7 Å². The number of rotatable bonds is 2. The van der Waals surface area contributed by atoms with Gasteiger partial charge in [0.05, 0.1) is 17.9 Å². The molecule has 0 spiro atoms. The standard InChI is InChI=1S/C17H17NO3/c1-4-21-17(20)13-9(2)14-15(18-10(13)3)11-7-5-6-8-12(11)16(14)19/h5-9,18H,4H2,1-3H3/t9-/m1/s1. The number of Topliss-reactive ketones (excluding diaryl/α,β-unsaturated/α-hetero) is 1. The third kappa shape index (κ3) is 1.90. The third-order valence-electron chi connectivity index (χ3n) is 4.03. The molecule has 0 radical (unpaired) electrons. The van der Waals surface area contributed by atoms with Crippen LogP contribution in [0, 0.1) is 5.92 Å². The molecule has 3 rings (SSSR count). The van der Waals surface area contributed by atoms with Crippen LogP contribution >= 0.6 is 0 Å². The van der Waals surface area contributed by atoms with Crippen LogP contribution in [0.3, 0.4) is 0 Å².